The fourth-order valence-corrected chi connectivity index (χ4v) is 1.51. The van der Waals surface area contributed by atoms with Gasteiger partial charge < -0.3 is 9.84 Å². The second-order valence-corrected chi connectivity index (χ2v) is 4.02. The zero-order chi connectivity index (χ0) is 12.8. The molecular weight excluding hydrogens is 240 g/mol. The van der Waals surface area contributed by atoms with E-state index in [9.17, 15) is 4.79 Å². The van der Waals surface area contributed by atoms with E-state index in [0.29, 0.717) is 5.75 Å². The number of carbonyl (C=O) groups is 1. The third-order valence-corrected chi connectivity index (χ3v) is 2.74. The summed E-state index contributed by atoms with van der Waals surface area (Å²) in [6, 6.07) is 5.42. The van der Waals surface area contributed by atoms with Gasteiger partial charge in [0.15, 0.2) is 0 Å². The molecule has 4 heteroatoms. The summed E-state index contributed by atoms with van der Waals surface area (Å²) in [5.74, 6) is -0.236. The molecule has 0 unspecified atom stereocenters. The van der Waals surface area contributed by atoms with Gasteiger partial charge in [-0.15, -0.1) is 0 Å². The van der Waals surface area contributed by atoms with E-state index in [4.69, 9.17) is 21.4 Å². The SMILES string of the molecule is CCc1cc(OCC=C(C)C(=O)O)ccc1Cl. The highest BCUT2D eigenvalue weighted by Crippen LogP contribution is 2.22. The van der Waals surface area contributed by atoms with Crippen molar-refractivity contribution in [2.45, 2.75) is 20.3 Å². The molecule has 1 N–H and O–H groups in total. The van der Waals surface area contributed by atoms with Crippen LogP contribution in [0.5, 0.6) is 5.75 Å². The summed E-state index contributed by atoms with van der Waals surface area (Å²) in [6.45, 7) is 3.79. The van der Waals surface area contributed by atoms with Crippen molar-refractivity contribution in [1.82, 2.24) is 0 Å². The molecule has 1 rings (SSSR count). The molecule has 1 aromatic carbocycles. The summed E-state index contributed by atoms with van der Waals surface area (Å²) >= 11 is 5.98. The Balaban J connectivity index is 2.64. The minimum atomic E-state index is -0.932. The number of benzene rings is 1. The van der Waals surface area contributed by atoms with Gasteiger partial charge in [-0.1, -0.05) is 18.5 Å². The van der Waals surface area contributed by atoms with Crippen LogP contribution in [0.3, 0.4) is 0 Å². The smallest absolute Gasteiger partial charge is 0.331 e. The summed E-state index contributed by atoms with van der Waals surface area (Å²) < 4.78 is 5.43. The lowest BCUT2D eigenvalue weighted by Gasteiger charge is -2.07. The van der Waals surface area contributed by atoms with Crippen LogP contribution in [0.1, 0.15) is 19.4 Å². The number of rotatable bonds is 5. The highest BCUT2D eigenvalue weighted by Gasteiger charge is 2.01. The summed E-state index contributed by atoms with van der Waals surface area (Å²) in [6.07, 6.45) is 2.36. The Kier molecular flexibility index (Phi) is 5.04. The van der Waals surface area contributed by atoms with Crippen LogP contribution < -0.4 is 4.74 Å². The van der Waals surface area contributed by atoms with Crippen LogP contribution in [0, 0.1) is 0 Å². The molecule has 0 aliphatic rings. The molecule has 17 heavy (non-hydrogen) atoms. The molecule has 0 heterocycles. The minimum absolute atomic E-state index is 0.239. The zero-order valence-electron chi connectivity index (χ0n) is 9.87. The predicted molar refractivity (Wildman–Crippen MR) is 67.7 cm³/mol. The molecule has 0 aliphatic heterocycles. The van der Waals surface area contributed by atoms with Gasteiger partial charge in [0.05, 0.1) is 0 Å². The zero-order valence-corrected chi connectivity index (χ0v) is 10.6. The molecule has 0 spiro atoms. The summed E-state index contributed by atoms with van der Waals surface area (Å²) in [7, 11) is 0. The number of halogens is 1. The first kappa shape index (κ1) is 13.6. The Labute approximate surface area is 106 Å². The Bertz CT molecular complexity index is 438. The third-order valence-electron chi connectivity index (χ3n) is 2.37. The maximum absolute atomic E-state index is 10.5. The normalized spacial score (nSPS) is 11.4. The minimum Gasteiger partial charge on any atom is -0.490 e. The highest BCUT2D eigenvalue weighted by atomic mass is 35.5. The maximum Gasteiger partial charge on any atom is 0.331 e. The summed E-state index contributed by atoms with van der Waals surface area (Å²) in [5, 5.41) is 9.38. The van der Waals surface area contributed by atoms with Crippen molar-refractivity contribution in [3.05, 3.63) is 40.4 Å². The lowest BCUT2D eigenvalue weighted by molar-refractivity contribution is -0.132. The fraction of sp³-hybridized carbons (Fsp3) is 0.308. The number of carboxylic acids is 1. The van der Waals surface area contributed by atoms with Gasteiger partial charge in [-0.2, -0.15) is 0 Å². The van der Waals surface area contributed by atoms with Crippen LogP contribution >= 0.6 is 11.6 Å². The van der Waals surface area contributed by atoms with Crippen molar-refractivity contribution in [3.8, 4) is 5.75 Å². The number of hydrogen-bond acceptors (Lipinski definition) is 2. The fourth-order valence-electron chi connectivity index (χ4n) is 1.26. The number of aliphatic carboxylic acids is 1. The standard InChI is InChI=1S/C13H15ClO3/c1-3-10-8-11(4-5-12(10)14)17-7-6-9(2)13(15)16/h4-6,8H,3,7H2,1-2H3,(H,15,16). The van der Waals surface area contributed by atoms with Crippen LogP contribution in [0.4, 0.5) is 0 Å². The van der Waals surface area contributed by atoms with Crippen LogP contribution in [0.25, 0.3) is 0 Å². The third kappa shape index (κ3) is 4.11. The van der Waals surface area contributed by atoms with E-state index in [2.05, 4.69) is 0 Å². The first-order valence-corrected chi connectivity index (χ1v) is 5.73. The van der Waals surface area contributed by atoms with Gasteiger partial charge in [-0.05, 0) is 43.2 Å². The van der Waals surface area contributed by atoms with Gasteiger partial charge in [-0.3, -0.25) is 0 Å². The van der Waals surface area contributed by atoms with Gasteiger partial charge >= 0.3 is 5.97 Å². The van der Waals surface area contributed by atoms with E-state index in [1.54, 1.807) is 12.1 Å². The molecule has 0 atom stereocenters. The van der Waals surface area contributed by atoms with Crippen LogP contribution in [-0.4, -0.2) is 17.7 Å². The molecule has 3 nitrogen and oxygen atoms in total. The van der Waals surface area contributed by atoms with Gasteiger partial charge in [-0.25, -0.2) is 4.79 Å². The molecule has 0 saturated carbocycles. The Hall–Kier alpha value is -1.48. The van der Waals surface area contributed by atoms with Crippen molar-refractivity contribution >= 4 is 17.6 Å². The maximum atomic E-state index is 10.5. The molecule has 0 amide bonds. The van der Waals surface area contributed by atoms with Crippen molar-refractivity contribution in [1.29, 1.82) is 0 Å². The second kappa shape index (κ2) is 6.30. The number of hydrogen-bond donors (Lipinski definition) is 1. The molecule has 92 valence electrons. The van der Waals surface area contributed by atoms with Gasteiger partial charge in [0, 0.05) is 10.6 Å². The molecular formula is C13H15ClO3. The molecule has 0 fully saturated rings. The molecule has 1 aromatic rings. The summed E-state index contributed by atoms with van der Waals surface area (Å²) in [5.41, 5.74) is 1.29. The first-order valence-electron chi connectivity index (χ1n) is 5.36. The van der Waals surface area contributed by atoms with Gasteiger partial charge in [0.25, 0.3) is 0 Å². The molecule has 0 bridgehead atoms. The van der Waals surface area contributed by atoms with E-state index in [1.165, 1.54) is 13.0 Å². The molecule has 0 saturated heterocycles. The van der Waals surface area contributed by atoms with Crippen molar-refractivity contribution < 1.29 is 14.6 Å². The number of carboxylic acid groups (broad SMARTS) is 1. The Morgan fingerprint density at radius 2 is 2.24 bits per heavy atom. The van der Waals surface area contributed by atoms with Gasteiger partial charge in [0.1, 0.15) is 12.4 Å². The monoisotopic (exact) mass is 254 g/mol. The highest BCUT2D eigenvalue weighted by molar-refractivity contribution is 6.31. The largest absolute Gasteiger partial charge is 0.490 e. The first-order chi connectivity index (χ1) is 8.04. The Morgan fingerprint density at radius 3 is 2.82 bits per heavy atom. The summed E-state index contributed by atoms with van der Waals surface area (Å²) in [4.78, 5) is 10.5. The van der Waals surface area contributed by atoms with E-state index >= 15 is 0 Å². The Morgan fingerprint density at radius 1 is 1.53 bits per heavy atom. The molecule has 0 radical (unpaired) electrons. The average molecular weight is 255 g/mol. The van der Waals surface area contributed by atoms with Crippen LogP contribution in [0.2, 0.25) is 5.02 Å². The lowest BCUT2D eigenvalue weighted by atomic mass is 10.1. The quantitative estimate of drug-likeness (QED) is 0.820. The van der Waals surface area contributed by atoms with Crippen LogP contribution in [0.15, 0.2) is 29.8 Å². The van der Waals surface area contributed by atoms with Gasteiger partial charge in [0.2, 0.25) is 0 Å². The topological polar surface area (TPSA) is 46.5 Å². The number of aryl methyl sites for hydroxylation is 1. The second-order valence-electron chi connectivity index (χ2n) is 3.61. The van der Waals surface area contributed by atoms with E-state index in [0.717, 1.165) is 17.0 Å². The van der Waals surface area contributed by atoms with Crippen molar-refractivity contribution in [3.63, 3.8) is 0 Å². The van der Waals surface area contributed by atoms with Crippen molar-refractivity contribution in [2.75, 3.05) is 6.61 Å². The lowest BCUT2D eigenvalue weighted by Crippen LogP contribution is -2.01. The van der Waals surface area contributed by atoms with Crippen LogP contribution in [-0.2, 0) is 11.2 Å². The number of ether oxygens (including phenoxy) is 1. The predicted octanol–water partition coefficient (Wildman–Crippen LogP) is 3.31. The van der Waals surface area contributed by atoms with E-state index < -0.39 is 5.97 Å². The van der Waals surface area contributed by atoms with E-state index in [1.807, 2.05) is 13.0 Å². The van der Waals surface area contributed by atoms with E-state index in [-0.39, 0.29) is 12.2 Å². The average Bonchev–Trinajstić information content (AvgIpc) is 2.31. The van der Waals surface area contributed by atoms with Crippen molar-refractivity contribution in [2.24, 2.45) is 0 Å². The molecule has 0 aliphatic carbocycles. The molecule has 0 aromatic heterocycles.